The summed E-state index contributed by atoms with van der Waals surface area (Å²) in [4.78, 5) is 6.83. The molecule has 5 heteroatoms. The van der Waals surface area contributed by atoms with Crippen LogP contribution >= 0.6 is 11.3 Å². The molecule has 2 aromatic rings. The summed E-state index contributed by atoms with van der Waals surface area (Å²) in [6.45, 7) is 4.49. The smallest absolute Gasteiger partial charge is 0.184 e. The lowest BCUT2D eigenvalue weighted by Gasteiger charge is -2.35. The van der Waals surface area contributed by atoms with E-state index in [0.29, 0.717) is 12.0 Å². The third kappa shape index (κ3) is 2.72. The maximum absolute atomic E-state index is 13.1. The number of piperidine rings is 1. The number of fused-ring (bicyclic) bond motifs is 1. The number of thiazole rings is 1. The van der Waals surface area contributed by atoms with Gasteiger partial charge in [0.05, 0.1) is 10.2 Å². The molecule has 1 aromatic heterocycles. The van der Waals surface area contributed by atoms with Crippen molar-refractivity contribution in [1.29, 1.82) is 0 Å². The van der Waals surface area contributed by atoms with Crippen LogP contribution in [0.15, 0.2) is 18.2 Å². The molecule has 0 radical (unpaired) electrons. The Balaban J connectivity index is 1.77. The highest BCUT2D eigenvalue weighted by Crippen LogP contribution is 2.29. The first-order valence-electron chi connectivity index (χ1n) is 6.63. The first kappa shape index (κ1) is 12.8. The second-order valence-electron chi connectivity index (χ2n) is 5.41. The van der Waals surface area contributed by atoms with Gasteiger partial charge in [-0.3, -0.25) is 0 Å². The van der Waals surface area contributed by atoms with Crippen molar-refractivity contribution in [1.82, 2.24) is 9.88 Å². The molecule has 19 heavy (non-hydrogen) atoms. The van der Waals surface area contributed by atoms with Crippen molar-refractivity contribution in [3.63, 3.8) is 0 Å². The van der Waals surface area contributed by atoms with Crippen molar-refractivity contribution in [3.8, 4) is 0 Å². The van der Waals surface area contributed by atoms with Crippen molar-refractivity contribution in [2.75, 3.05) is 25.5 Å². The summed E-state index contributed by atoms with van der Waals surface area (Å²) < 4.78 is 14.2. The van der Waals surface area contributed by atoms with Gasteiger partial charge in [-0.1, -0.05) is 18.3 Å². The molecule has 3 nitrogen and oxygen atoms in total. The standard InChI is InChI=1S/C14H18FN3S/c1-9-8-18(2)6-5-11(9)16-14-17-12-7-10(15)3-4-13(12)19-14/h3-4,7,9,11H,5-6,8H2,1-2H3,(H,16,17). The number of likely N-dealkylation sites (tertiary alicyclic amines) is 1. The fraction of sp³-hybridized carbons (Fsp3) is 0.500. The number of hydrogen-bond acceptors (Lipinski definition) is 4. The predicted molar refractivity (Wildman–Crippen MR) is 78.3 cm³/mol. The fourth-order valence-electron chi connectivity index (χ4n) is 2.69. The second kappa shape index (κ2) is 5.06. The van der Waals surface area contributed by atoms with Crippen LogP contribution in [0.3, 0.4) is 0 Å². The van der Waals surface area contributed by atoms with Crippen molar-refractivity contribution in [3.05, 3.63) is 24.0 Å². The lowest BCUT2D eigenvalue weighted by atomic mass is 9.94. The SMILES string of the molecule is CC1CN(C)CCC1Nc1nc2cc(F)ccc2s1. The van der Waals surface area contributed by atoms with E-state index in [1.54, 1.807) is 17.4 Å². The van der Waals surface area contributed by atoms with Gasteiger partial charge < -0.3 is 10.2 Å². The molecular weight excluding hydrogens is 261 g/mol. The predicted octanol–water partition coefficient (Wildman–Crippen LogP) is 3.19. The third-order valence-corrected chi connectivity index (χ3v) is 4.73. The van der Waals surface area contributed by atoms with Gasteiger partial charge in [-0.2, -0.15) is 0 Å². The second-order valence-corrected chi connectivity index (χ2v) is 6.44. The van der Waals surface area contributed by atoms with Gasteiger partial charge in [-0.25, -0.2) is 9.37 Å². The number of anilines is 1. The van der Waals surface area contributed by atoms with Crippen molar-refractivity contribution >= 4 is 26.7 Å². The topological polar surface area (TPSA) is 28.2 Å². The minimum atomic E-state index is -0.225. The highest BCUT2D eigenvalue weighted by atomic mass is 32.1. The summed E-state index contributed by atoms with van der Waals surface area (Å²) in [5.41, 5.74) is 0.744. The number of benzene rings is 1. The molecule has 0 amide bonds. The van der Waals surface area contributed by atoms with E-state index in [2.05, 4.69) is 29.2 Å². The van der Waals surface area contributed by atoms with Gasteiger partial charge in [-0.05, 0) is 38.1 Å². The van der Waals surface area contributed by atoms with Crippen LogP contribution in [0, 0.1) is 11.7 Å². The molecule has 1 aliphatic rings. The van der Waals surface area contributed by atoms with E-state index >= 15 is 0 Å². The first-order chi connectivity index (χ1) is 9.11. The molecular formula is C14H18FN3S. The zero-order valence-electron chi connectivity index (χ0n) is 11.2. The van der Waals surface area contributed by atoms with E-state index < -0.39 is 0 Å². The van der Waals surface area contributed by atoms with Crippen LogP contribution in [0.1, 0.15) is 13.3 Å². The van der Waals surface area contributed by atoms with E-state index in [9.17, 15) is 4.39 Å². The number of hydrogen-bond donors (Lipinski definition) is 1. The Bertz CT molecular complexity index is 583. The molecule has 0 aliphatic carbocycles. The Morgan fingerprint density at radius 3 is 3.11 bits per heavy atom. The van der Waals surface area contributed by atoms with Crippen molar-refractivity contribution in [2.45, 2.75) is 19.4 Å². The van der Waals surface area contributed by atoms with Crippen LogP contribution in [0.5, 0.6) is 0 Å². The Labute approximate surface area is 116 Å². The minimum absolute atomic E-state index is 0.225. The van der Waals surface area contributed by atoms with Gasteiger partial charge in [0.2, 0.25) is 0 Å². The Morgan fingerprint density at radius 1 is 1.47 bits per heavy atom. The van der Waals surface area contributed by atoms with E-state index in [1.165, 1.54) is 12.1 Å². The van der Waals surface area contributed by atoms with Gasteiger partial charge in [0.1, 0.15) is 5.82 Å². The summed E-state index contributed by atoms with van der Waals surface area (Å²) >= 11 is 1.60. The largest absolute Gasteiger partial charge is 0.358 e. The summed E-state index contributed by atoms with van der Waals surface area (Å²) in [7, 11) is 2.16. The highest BCUT2D eigenvalue weighted by Gasteiger charge is 2.24. The maximum Gasteiger partial charge on any atom is 0.184 e. The lowest BCUT2D eigenvalue weighted by Crippen LogP contribution is -2.43. The zero-order chi connectivity index (χ0) is 13.4. The van der Waals surface area contributed by atoms with Crippen LogP contribution in [-0.4, -0.2) is 36.1 Å². The molecule has 2 unspecified atom stereocenters. The first-order valence-corrected chi connectivity index (χ1v) is 7.44. The van der Waals surface area contributed by atoms with Crippen molar-refractivity contribution in [2.24, 2.45) is 5.92 Å². The Kier molecular flexibility index (Phi) is 3.41. The normalized spacial score (nSPS) is 24.8. The zero-order valence-corrected chi connectivity index (χ0v) is 12.0. The molecule has 2 atom stereocenters. The number of halogens is 1. The van der Waals surface area contributed by atoms with Gasteiger partial charge in [-0.15, -0.1) is 0 Å². The Morgan fingerprint density at radius 2 is 2.32 bits per heavy atom. The van der Waals surface area contributed by atoms with Crippen LogP contribution in [0.2, 0.25) is 0 Å². The molecule has 0 saturated carbocycles. The highest BCUT2D eigenvalue weighted by molar-refractivity contribution is 7.22. The summed E-state index contributed by atoms with van der Waals surface area (Å²) in [6.07, 6.45) is 1.13. The average Bonchev–Trinajstić information content (AvgIpc) is 2.74. The van der Waals surface area contributed by atoms with E-state index in [4.69, 9.17) is 0 Å². The van der Waals surface area contributed by atoms with Gasteiger partial charge in [0.25, 0.3) is 0 Å². The number of nitrogens with zero attached hydrogens (tertiary/aromatic N) is 2. The number of rotatable bonds is 2. The molecule has 1 aromatic carbocycles. The molecule has 1 aliphatic heterocycles. The summed E-state index contributed by atoms with van der Waals surface area (Å²) in [5, 5.41) is 4.42. The lowest BCUT2D eigenvalue weighted by molar-refractivity contribution is 0.206. The van der Waals surface area contributed by atoms with E-state index in [0.717, 1.165) is 34.9 Å². The molecule has 2 heterocycles. The van der Waals surface area contributed by atoms with Gasteiger partial charge in [0, 0.05) is 18.7 Å². The minimum Gasteiger partial charge on any atom is -0.358 e. The molecule has 0 bridgehead atoms. The summed E-state index contributed by atoms with van der Waals surface area (Å²) in [6, 6.07) is 5.24. The molecule has 1 fully saturated rings. The summed E-state index contributed by atoms with van der Waals surface area (Å²) in [5.74, 6) is 0.375. The van der Waals surface area contributed by atoms with E-state index in [1.807, 2.05) is 0 Å². The van der Waals surface area contributed by atoms with Crippen LogP contribution < -0.4 is 5.32 Å². The van der Waals surface area contributed by atoms with Gasteiger partial charge >= 0.3 is 0 Å². The van der Waals surface area contributed by atoms with E-state index in [-0.39, 0.29) is 5.82 Å². The molecule has 0 spiro atoms. The number of nitrogens with one attached hydrogen (secondary N) is 1. The molecule has 3 rings (SSSR count). The van der Waals surface area contributed by atoms with Crippen LogP contribution in [0.4, 0.5) is 9.52 Å². The van der Waals surface area contributed by atoms with Crippen LogP contribution in [0.25, 0.3) is 10.2 Å². The maximum atomic E-state index is 13.1. The molecule has 1 N–H and O–H groups in total. The molecule has 102 valence electrons. The average molecular weight is 279 g/mol. The van der Waals surface area contributed by atoms with Crippen LogP contribution in [-0.2, 0) is 0 Å². The fourth-order valence-corrected chi connectivity index (χ4v) is 3.60. The number of aromatic nitrogens is 1. The monoisotopic (exact) mass is 279 g/mol. The van der Waals surface area contributed by atoms with Crippen molar-refractivity contribution < 1.29 is 4.39 Å². The van der Waals surface area contributed by atoms with Gasteiger partial charge in [0.15, 0.2) is 5.13 Å². The Hall–Kier alpha value is -1.20. The molecule has 1 saturated heterocycles. The third-order valence-electron chi connectivity index (χ3n) is 3.77. The quantitative estimate of drug-likeness (QED) is 0.915.